The smallest absolute Gasteiger partial charge is 0.317 e. The first kappa shape index (κ1) is 21.1. The van der Waals surface area contributed by atoms with Crippen molar-refractivity contribution in [3.05, 3.63) is 29.8 Å². The van der Waals surface area contributed by atoms with Crippen LogP contribution in [0.15, 0.2) is 24.3 Å². The Kier molecular flexibility index (Phi) is 7.11. The number of para-hydroxylation sites is 1. The molecule has 150 valence electrons. The van der Waals surface area contributed by atoms with Crippen LogP contribution in [0.25, 0.3) is 0 Å². The van der Waals surface area contributed by atoms with Gasteiger partial charge >= 0.3 is 6.03 Å². The number of nitrogens with one attached hydrogen (secondary N) is 1. The summed E-state index contributed by atoms with van der Waals surface area (Å²) in [5.74, 6) is 1.21. The van der Waals surface area contributed by atoms with E-state index in [0.29, 0.717) is 32.7 Å². The number of hydrogen-bond donors (Lipinski definition) is 1. The molecule has 1 N–H and O–H groups in total. The molecule has 0 aliphatic carbocycles. The van der Waals surface area contributed by atoms with Crippen LogP contribution in [0.5, 0.6) is 5.75 Å². The highest BCUT2D eigenvalue weighted by atomic mass is 16.5. The molecular formula is C21H33N3O3. The predicted molar refractivity (Wildman–Crippen MR) is 107 cm³/mol. The molecule has 1 aromatic rings. The average Bonchev–Trinajstić information content (AvgIpc) is 3.01. The molecule has 1 heterocycles. The Balaban J connectivity index is 1.72. The van der Waals surface area contributed by atoms with Crippen LogP contribution in [0.3, 0.4) is 0 Å². The first-order chi connectivity index (χ1) is 12.7. The first-order valence-electron chi connectivity index (χ1n) is 9.72. The number of likely N-dealkylation sites (N-methyl/N-ethyl adjacent to an activating group) is 1. The fraction of sp³-hybridized carbons (Fsp3) is 0.619. The van der Waals surface area contributed by atoms with Gasteiger partial charge in [-0.1, -0.05) is 25.1 Å². The lowest BCUT2D eigenvalue weighted by Crippen LogP contribution is -2.44. The lowest BCUT2D eigenvalue weighted by molar-refractivity contribution is -0.131. The molecule has 1 atom stereocenters. The number of carbonyl (C=O) groups is 2. The molecule has 0 bridgehead atoms. The van der Waals surface area contributed by atoms with Gasteiger partial charge in [-0.25, -0.2) is 4.79 Å². The second-order valence-electron chi connectivity index (χ2n) is 8.16. The minimum Gasteiger partial charge on any atom is -0.491 e. The lowest BCUT2D eigenvalue weighted by atomic mass is 10.1. The fourth-order valence-corrected chi connectivity index (χ4v) is 3.26. The molecule has 6 heteroatoms. The van der Waals surface area contributed by atoms with E-state index in [1.807, 2.05) is 43.9 Å². The van der Waals surface area contributed by atoms with Crippen LogP contribution >= 0.6 is 0 Å². The Bertz CT molecular complexity index is 654. The monoisotopic (exact) mass is 375 g/mol. The van der Waals surface area contributed by atoms with Crippen LogP contribution in [0.4, 0.5) is 4.79 Å². The van der Waals surface area contributed by atoms with E-state index in [2.05, 4.69) is 18.3 Å². The molecule has 3 amide bonds. The van der Waals surface area contributed by atoms with Crippen LogP contribution in [0.2, 0.25) is 0 Å². The largest absolute Gasteiger partial charge is 0.491 e. The van der Waals surface area contributed by atoms with Gasteiger partial charge in [0.05, 0.1) is 6.54 Å². The molecule has 0 aromatic heterocycles. The summed E-state index contributed by atoms with van der Waals surface area (Å²) in [6, 6.07) is 7.82. The van der Waals surface area contributed by atoms with Crippen molar-refractivity contribution in [2.24, 2.45) is 5.92 Å². The summed E-state index contributed by atoms with van der Waals surface area (Å²) in [5.41, 5.74) is 0.998. The molecule has 6 nitrogen and oxygen atoms in total. The Morgan fingerprint density at radius 3 is 2.67 bits per heavy atom. The second kappa shape index (κ2) is 9.11. The van der Waals surface area contributed by atoms with Crippen LogP contribution in [0, 0.1) is 5.92 Å². The molecule has 0 unspecified atom stereocenters. The maximum atomic E-state index is 12.3. The van der Waals surface area contributed by atoms with E-state index < -0.39 is 0 Å². The van der Waals surface area contributed by atoms with Gasteiger partial charge in [-0.15, -0.1) is 0 Å². The van der Waals surface area contributed by atoms with Gasteiger partial charge in [-0.3, -0.25) is 4.79 Å². The summed E-state index contributed by atoms with van der Waals surface area (Å²) in [7, 11) is 1.76. The quantitative estimate of drug-likeness (QED) is 0.797. The zero-order chi connectivity index (χ0) is 20.0. The van der Waals surface area contributed by atoms with E-state index in [9.17, 15) is 9.59 Å². The molecular weight excluding hydrogens is 342 g/mol. The summed E-state index contributed by atoms with van der Waals surface area (Å²) in [4.78, 5) is 27.9. The minimum atomic E-state index is -0.168. The number of carbonyl (C=O) groups excluding carboxylic acids is 2. The summed E-state index contributed by atoms with van der Waals surface area (Å²) in [6.45, 7) is 10.4. The summed E-state index contributed by atoms with van der Waals surface area (Å²) < 4.78 is 5.82. The van der Waals surface area contributed by atoms with Gasteiger partial charge < -0.3 is 19.9 Å². The molecule has 27 heavy (non-hydrogen) atoms. The normalized spacial score (nSPS) is 17.1. The zero-order valence-electron chi connectivity index (χ0n) is 17.2. The highest BCUT2D eigenvalue weighted by molar-refractivity contribution is 5.79. The van der Waals surface area contributed by atoms with Crippen molar-refractivity contribution in [2.45, 2.75) is 46.1 Å². The van der Waals surface area contributed by atoms with Crippen LogP contribution in [-0.2, 0) is 11.2 Å². The topological polar surface area (TPSA) is 61.9 Å². The molecule has 1 aromatic carbocycles. The Morgan fingerprint density at radius 1 is 1.33 bits per heavy atom. The Labute approximate surface area is 162 Å². The van der Waals surface area contributed by atoms with E-state index in [4.69, 9.17) is 4.74 Å². The molecule has 0 saturated carbocycles. The summed E-state index contributed by atoms with van der Waals surface area (Å²) in [5, 5.41) is 2.94. The van der Waals surface area contributed by atoms with Crippen molar-refractivity contribution in [1.29, 1.82) is 0 Å². The number of hydrogen-bond acceptors (Lipinski definition) is 3. The molecule has 1 fully saturated rings. The fourth-order valence-electron chi connectivity index (χ4n) is 3.26. The SMILES string of the molecule is CCc1ccccc1OCCN(C)C(=O)NC[C@H]1CC(=O)N(C(C)(C)C)C1. The second-order valence-corrected chi connectivity index (χ2v) is 8.16. The minimum absolute atomic E-state index is 0.135. The van der Waals surface area contributed by atoms with E-state index in [0.717, 1.165) is 12.2 Å². The van der Waals surface area contributed by atoms with Crippen molar-refractivity contribution >= 4 is 11.9 Å². The molecule has 1 aliphatic heterocycles. The van der Waals surface area contributed by atoms with Gasteiger partial charge in [0.25, 0.3) is 0 Å². The van der Waals surface area contributed by atoms with Crippen molar-refractivity contribution < 1.29 is 14.3 Å². The maximum absolute atomic E-state index is 12.3. The Morgan fingerprint density at radius 2 is 2.04 bits per heavy atom. The third-order valence-corrected chi connectivity index (χ3v) is 4.94. The summed E-state index contributed by atoms with van der Waals surface area (Å²) >= 11 is 0. The van der Waals surface area contributed by atoms with E-state index >= 15 is 0 Å². The van der Waals surface area contributed by atoms with E-state index in [1.165, 1.54) is 5.56 Å². The third-order valence-electron chi connectivity index (χ3n) is 4.94. The number of rotatable bonds is 7. The van der Waals surface area contributed by atoms with E-state index in [1.54, 1.807) is 11.9 Å². The number of urea groups is 1. The Hall–Kier alpha value is -2.24. The van der Waals surface area contributed by atoms with Crippen molar-refractivity contribution in [3.8, 4) is 5.75 Å². The van der Waals surface area contributed by atoms with Gasteiger partial charge in [0.15, 0.2) is 0 Å². The van der Waals surface area contributed by atoms with E-state index in [-0.39, 0.29) is 23.4 Å². The van der Waals surface area contributed by atoms with Gasteiger partial charge in [0, 0.05) is 38.0 Å². The van der Waals surface area contributed by atoms with Crippen LogP contribution < -0.4 is 10.1 Å². The third kappa shape index (κ3) is 5.88. The molecule has 2 rings (SSSR count). The highest BCUT2D eigenvalue weighted by Gasteiger charge is 2.36. The first-order valence-corrected chi connectivity index (χ1v) is 9.72. The number of aryl methyl sites for hydroxylation is 1. The van der Waals surface area contributed by atoms with Crippen molar-refractivity contribution in [3.63, 3.8) is 0 Å². The van der Waals surface area contributed by atoms with Gasteiger partial charge in [0.2, 0.25) is 5.91 Å². The average molecular weight is 376 g/mol. The number of amides is 3. The number of likely N-dealkylation sites (tertiary alicyclic amines) is 1. The van der Waals surface area contributed by atoms with Gasteiger partial charge in [0.1, 0.15) is 12.4 Å². The summed E-state index contributed by atoms with van der Waals surface area (Å²) in [6.07, 6.45) is 1.41. The maximum Gasteiger partial charge on any atom is 0.317 e. The molecule has 0 spiro atoms. The van der Waals surface area contributed by atoms with Gasteiger partial charge in [-0.05, 0) is 38.8 Å². The number of ether oxygens (including phenoxy) is 1. The lowest BCUT2D eigenvalue weighted by Gasteiger charge is -2.32. The van der Waals surface area contributed by atoms with Crippen LogP contribution in [0.1, 0.15) is 39.7 Å². The molecule has 1 saturated heterocycles. The highest BCUT2D eigenvalue weighted by Crippen LogP contribution is 2.25. The molecule has 0 radical (unpaired) electrons. The number of benzene rings is 1. The van der Waals surface area contributed by atoms with Crippen molar-refractivity contribution in [1.82, 2.24) is 15.1 Å². The van der Waals surface area contributed by atoms with Crippen molar-refractivity contribution in [2.75, 3.05) is 33.3 Å². The molecule has 1 aliphatic rings. The zero-order valence-corrected chi connectivity index (χ0v) is 17.2. The van der Waals surface area contributed by atoms with Gasteiger partial charge in [-0.2, -0.15) is 0 Å². The standard InChI is InChI=1S/C21H33N3O3/c1-6-17-9-7-8-10-18(17)27-12-11-23(5)20(26)22-14-16-13-19(25)24(15-16)21(2,3)4/h7-10,16H,6,11-15H2,1-5H3,(H,22,26)/t16-/m1/s1. The number of nitrogens with zero attached hydrogens (tertiary/aromatic N) is 2. The van der Waals surface area contributed by atoms with Crippen LogP contribution in [-0.4, -0.2) is 60.6 Å². The predicted octanol–water partition coefficient (Wildman–Crippen LogP) is 2.92.